The Kier molecular flexibility index (Phi) is 6.17. The molecule has 20 heavy (non-hydrogen) atoms. The molecule has 1 unspecified atom stereocenters. The van der Waals surface area contributed by atoms with Crippen molar-refractivity contribution in [2.75, 3.05) is 19.6 Å². The van der Waals surface area contributed by atoms with Crippen molar-refractivity contribution in [3.63, 3.8) is 0 Å². The van der Waals surface area contributed by atoms with E-state index in [4.69, 9.17) is 5.11 Å². The first kappa shape index (κ1) is 16.2. The number of carbonyl (C=O) groups excluding carboxylic acids is 2. The highest BCUT2D eigenvalue weighted by molar-refractivity contribution is 6.02. The summed E-state index contributed by atoms with van der Waals surface area (Å²) in [5.74, 6) is -1.60. The molecule has 1 rings (SSSR count). The Balaban J connectivity index is 2.24. The number of likely N-dealkylation sites (tertiary alicyclic amines) is 1. The quantitative estimate of drug-likeness (QED) is 0.625. The molecule has 0 spiro atoms. The summed E-state index contributed by atoms with van der Waals surface area (Å²) in [4.78, 5) is 35.1. The molecule has 0 aromatic heterocycles. The molecule has 0 aromatic rings. The number of nitrogens with zero attached hydrogens (tertiary/aromatic N) is 1. The molecule has 3 amide bonds. The van der Waals surface area contributed by atoms with Crippen molar-refractivity contribution in [3.8, 4) is 0 Å². The van der Waals surface area contributed by atoms with E-state index in [1.54, 1.807) is 0 Å². The van der Waals surface area contributed by atoms with Gasteiger partial charge in [-0.25, -0.2) is 9.59 Å². The van der Waals surface area contributed by atoms with Crippen LogP contribution in [0.25, 0.3) is 0 Å². The first-order chi connectivity index (χ1) is 9.38. The van der Waals surface area contributed by atoms with E-state index in [-0.39, 0.29) is 0 Å². The Morgan fingerprint density at radius 1 is 1.35 bits per heavy atom. The van der Waals surface area contributed by atoms with Gasteiger partial charge in [0.25, 0.3) is 5.91 Å². The molecule has 1 saturated heterocycles. The highest BCUT2D eigenvalue weighted by Crippen LogP contribution is 2.17. The van der Waals surface area contributed by atoms with Gasteiger partial charge in [-0.15, -0.1) is 0 Å². The monoisotopic (exact) mass is 283 g/mol. The molecular weight excluding hydrogens is 262 g/mol. The van der Waals surface area contributed by atoms with Crippen molar-refractivity contribution < 1.29 is 19.5 Å². The molecule has 3 N–H and O–H groups in total. The lowest BCUT2D eigenvalue weighted by molar-refractivity contribution is -0.131. The van der Waals surface area contributed by atoms with E-state index in [0.29, 0.717) is 24.6 Å². The van der Waals surface area contributed by atoms with Crippen LogP contribution in [0.1, 0.15) is 20.3 Å². The zero-order valence-electron chi connectivity index (χ0n) is 11.8. The number of hydrogen-bond acceptors (Lipinski definition) is 4. The standard InChI is InChI=1S/C13H21N3O4/c1-9(2)16-6-5-10(8-16)7-14-13(20)15-11(17)3-4-12(18)19/h3-4,9-10H,5-8H2,1-2H3,(H,18,19)(H2,14,15,17,20). The van der Waals surface area contributed by atoms with Gasteiger partial charge in [0.15, 0.2) is 0 Å². The summed E-state index contributed by atoms with van der Waals surface area (Å²) in [5.41, 5.74) is 0. The number of aliphatic carboxylic acids is 1. The smallest absolute Gasteiger partial charge is 0.328 e. The zero-order chi connectivity index (χ0) is 15.1. The van der Waals surface area contributed by atoms with Gasteiger partial charge in [-0.2, -0.15) is 0 Å². The van der Waals surface area contributed by atoms with E-state index >= 15 is 0 Å². The van der Waals surface area contributed by atoms with Gasteiger partial charge in [-0.1, -0.05) is 0 Å². The third-order valence-electron chi connectivity index (χ3n) is 3.21. The summed E-state index contributed by atoms with van der Waals surface area (Å²) < 4.78 is 0. The molecule has 0 saturated carbocycles. The fourth-order valence-corrected chi connectivity index (χ4v) is 2.08. The van der Waals surface area contributed by atoms with Gasteiger partial charge in [0.1, 0.15) is 0 Å². The van der Waals surface area contributed by atoms with Crippen LogP contribution in [0.4, 0.5) is 4.79 Å². The summed E-state index contributed by atoms with van der Waals surface area (Å²) in [6.07, 6.45) is 2.50. The third kappa shape index (κ3) is 5.83. The molecule has 1 atom stereocenters. The number of nitrogens with one attached hydrogen (secondary N) is 2. The maximum atomic E-state index is 11.4. The Morgan fingerprint density at radius 2 is 2.05 bits per heavy atom. The number of hydrogen-bond donors (Lipinski definition) is 3. The topological polar surface area (TPSA) is 98.7 Å². The number of carbonyl (C=O) groups is 3. The highest BCUT2D eigenvalue weighted by Gasteiger charge is 2.24. The van der Waals surface area contributed by atoms with Crippen LogP contribution in [-0.4, -0.2) is 53.6 Å². The van der Waals surface area contributed by atoms with Crippen molar-refractivity contribution in [2.45, 2.75) is 26.3 Å². The van der Waals surface area contributed by atoms with Crippen LogP contribution in [0.5, 0.6) is 0 Å². The summed E-state index contributed by atoms with van der Waals surface area (Å²) in [6.45, 7) is 6.73. The number of rotatable bonds is 5. The van der Waals surface area contributed by atoms with Crippen molar-refractivity contribution in [2.24, 2.45) is 5.92 Å². The van der Waals surface area contributed by atoms with Gasteiger partial charge >= 0.3 is 12.0 Å². The molecule has 7 nitrogen and oxygen atoms in total. The molecule has 0 radical (unpaired) electrons. The normalized spacial score (nSPS) is 19.4. The molecular formula is C13H21N3O4. The summed E-state index contributed by atoms with van der Waals surface area (Å²) >= 11 is 0. The van der Waals surface area contributed by atoms with Gasteiger partial charge in [0, 0.05) is 31.3 Å². The number of imide groups is 1. The summed E-state index contributed by atoms with van der Waals surface area (Å²) in [7, 11) is 0. The Morgan fingerprint density at radius 3 is 2.60 bits per heavy atom. The lowest BCUT2D eigenvalue weighted by Crippen LogP contribution is -2.41. The Bertz CT molecular complexity index is 406. The Labute approximate surface area is 118 Å². The minimum atomic E-state index is -1.24. The minimum Gasteiger partial charge on any atom is -0.478 e. The lowest BCUT2D eigenvalue weighted by atomic mass is 10.1. The van der Waals surface area contributed by atoms with Crippen LogP contribution in [0.3, 0.4) is 0 Å². The second kappa shape index (κ2) is 7.64. The lowest BCUT2D eigenvalue weighted by Gasteiger charge is -2.20. The highest BCUT2D eigenvalue weighted by atomic mass is 16.4. The largest absolute Gasteiger partial charge is 0.478 e. The molecule has 0 bridgehead atoms. The minimum absolute atomic E-state index is 0.382. The number of carboxylic acid groups (broad SMARTS) is 1. The molecule has 1 aliphatic heterocycles. The fraction of sp³-hybridized carbons (Fsp3) is 0.615. The van der Waals surface area contributed by atoms with E-state index in [1.165, 1.54) is 0 Å². The van der Waals surface area contributed by atoms with Crippen molar-refractivity contribution in [1.29, 1.82) is 0 Å². The second-order valence-corrected chi connectivity index (χ2v) is 5.11. The van der Waals surface area contributed by atoms with E-state index < -0.39 is 17.9 Å². The molecule has 1 fully saturated rings. The maximum absolute atomic E-state index is 11.4. The van der Waals surface area contributed by atoms with E-state index in [1.807, 2.05) is 5.32 Å². The average Bonchev–Trinajstić information content (AvgIpc) is 2.83. The van der Waals surface area contributed by atoms with Crippen LogP contribution in [-0.2, 0) is 9.59 Å². The second-order valence-electron chi connectivity index (χ2n) is 5.11. The van der Waals surface area contributed by atoms with Gasteiger partial charge < -0.3 is 15.3 Å². The Hall–Kier alpha value is -1.89. The first-order valence-corrected chi connectivity index (χ1v) is 6.62. The van der Waals surface area contributed by atoms with E-state index in [9.17, 15) is 14.4 Å². The SMILES string of the molecule is CC(C)N1CCC(CNC(=O)NC(=O)C=CC(=O)O)C1. The van der Waals surface area contributed by atoms with Gasteiger partial charge in [-0.3, -0.25) is 10.1 Å². The summed E-state index contributed by atoms with van der Waals surface area (Å²) in [5, 5.41) is 13.0. The first-order valence-electron chi connectivity index (χ1n) is 6.62. The number of urea groups is 1. The van der Waals surface area contributed by atoms with Crippen LogP contribution in [0.2, 0.25) is 0 Å². The molecule has 1 aliphatic rings. The van der Waals surface area contributed by atoms with Crippen LogP contribution in [0.15, 0.2) is 12.2 Å². The fourth-order valence-electron chi connectivity index (χ4n) is 2.08. The predicted molar refractivity (Wildman–Crippen MR) is 73.1 cm³/mol. The van der Waals surface area contributed by atoms with Crippen molar-refractivity contribution in [3.05, 3.63) is 12.2 Å². The van der Waals surface area contributed by atoms with Crippen molar-refractivity contribution in [1.82, 2.24) is 15.5 Å². The summed E-state index contributed by atoms with van der Waals surface area (Å²) in [6, 6.07) is -0.107. The zero-order valence-corrected chi connectivity index (χ0v) is 11.8. The molecule has 7 heteroatoms. The maximum Gasteiger partial charge on any atom is 0.328 e. The average molecular weight is 283 g/mol. The van der Waals surface area contributed by atoms with Crippen LogP contribution >= 0.6 is 0 Å². The van der Waals surface area contributed by atoms with Gasteiger partial charge in [0.2, 0.25) is 0 Å². The molecule has 0 aliphatic carbocycles. The van der Waals surface area contributed by atoms with Gasteiger partial charge in [0.05, 0.1) is 0 Å². The van der Waals surface area contributed by atoms with E-state index in [2.05, 4.69) is 24.1 Å². The predicted octanol–water partition coefficient (Wildman–Crippen LogP) is 0.183. The van der Waals surface area contributed by atoms with E-state index in [0.717, 1.165) is 25.6 Å². The molecule has 112 valence electrons. The molecule has 0 aromatic carbocycles. The molecule has 1 heterocycles. The van der Waals surface area contributed by atoms with Crippen molar-refractivity contribution >= 4 is 17.9 Å². The van der Waals surface area contributed by atoms with Crippen LogP contribution in [0, 0.1) is 5.92 Å². The number of carboxylic acids is 1. The third-order valence-corrected chi connectivity index (χ3v) is 3.21. The van der Waals surface area contributed by atoms with Crippen LogP contribution < -0.4 is 10.6 Å². The van der Waals surface area contributed by atoms with Gasteiger partial charge in [-0.05, 0) is 32.7 Å². The number of amides is 3.